The van der Waals surface area contributed by atoms with Gasteiger partial charge in [-0.3, -0.25) is 9.36 Å². The monoisotopic (exact) mass is 396 g/mol. The van der Waals surface area contributed by atoms with E-state index in [0.29, 0.717) is 35.0 Å². The average molecular weight is 396 g/mol. The molecule has 0 aliphatic carbocycles. The predicted octanol–water partition coefficient (Wildman–Crippen LogP) is 3.94. The van der Waals surface area contributed by atoms with E-state index in [-0.39, 0.29) is 6.54 Å². The van der Waals surface area contributed by atoms with Gasteiger partial charge in [-0.1, -0.05) is 32.0 Å². The normalized spacial score (nSPS) is 11.1. The van der Waals surface area contributed by atoms with Gasteiger partial charge < -0.3 is 10.6 Å². The van der Waals surface area contributed by atoms with Crippen LogP contribution < -0.4 is 16.3 Å². The third-order valence-corrected chi connectivity index (χ3v) is 4.66. The summed E-state index contributed by atoms with van der Waals surface area (Å²) in [5.74, 6) is 0.222. The summed E-state index contributed by atoms with van der Waals surface area (Å²) in [5, 5.41) is 6.62. The Morgan fingerprint density at radius 2 is 1.97 bits per heavy atom. The fraction of sp³-hybridized carbons (Fsp3) is 0.318. The van der Waals surface area contributed by atoms with E-state index in [4.69, 9.17) is 0 Å². The first-order valence-corrected chi connectivity index (χ1v) is 9.64. The minimum atomic E-state index is -0.513. The van der Waals surface area contributed by atoms with Gasteiger partial charge in [0, 0.05) is 17.6 Å². The lowest BCUT2D eigenvalue weighted by atomic mass is 10.1. The summed E-state index contributed by atoms with van der Waals surface area (Å²) in [6, 6.07) is 11.8. The Morgan fingerprint density at radius 1 is 1.21 bits per heavy atom. The Morgan fingerprint density at radius 3 is 2.69 bits per heavy atom. The van der Waals surface area contributed by atoms with Crippen LogP contribution in [0.4, 0.5) is 15.9 Å². The largest absolute Gasteiger partial charge is 0.369 e. The highest BCUT2D eigenvalue weighted by Crippen LogP contribution is 2.20. The summed E-state index contributed by atoms with van der Waals surface area (Å²) in [6.45, 7) is 6.40. The number of halogens is 1. The van der Waals surface area contributed by atoms with Crippen molar-refractivity contribution in [2.45, 2.75) is 33.7 Å². The van der Waals surface area contributed by atoms with Crippen LogP contribution in [0.25, 0.3) is 10.9 Å². The summed E-state index contributed by atoms with van der Waals surface area (Å²) in [5.41, 5.74) is 0.941. The molecule has 0 saturated heterocycles. The lowest BCUT2D eigenvalue weighted by molar-refractivity contribution is -0.116. The molecule has 0 aliphatic heterocycles. The quantitative estimate of drug-likeness (QED) is 0.634. The second-order valence-corrected chi connectivity index (χ2v) is 7.47. The number of carbonyl (C=O) groups excluding carboxylic acids is 1. The van der Waals surface area contributed by atoms with E-state index in [1.54, 1.807) is 25.1 Å². The van der Waals surface area contributed by atoms with Crippen molar-refractivity contribution >= 4 is 28.3 Å². The Labute approximate surface area is 168 Å². The van der Waals surface area contributed by atoms with Gasteiger partial charge in [-0.25, -0.2) is 9.18 Å². The SMILES string of the molecule is Cc1ccc(NC(=O)Cn2c(=O)nc(NCCC(C)C)c3ccccc32)cc1F. The van der Waals surface area contributed by atoms with Gasteiger partial charge >= 0.3 is 5.69 Å². The minimum absolute atomic E-state index is 0.214. The van der Waals surface area contributed by atoms with Crippen molar-refractivity contribution in [1.29, 1.82) is 0 Å². The fourth-order valence-corrected chi connectivity index (χ4v) is 3.01. The van der Waals surface area contributed by atoms with E-state index in [1.807, 2.05) is 18.2 Å². The molecule has 3 aromatic rings. The molecule has 0 saturated carbocycles. The third kappa shape index (κ3) is 4.99. The van der Waals surface area contributed by atoms with E-state index < -0.39 is 17.4 Å². The van der Waals surface area contributed by atoms with E-state index in [1.165, 1.54) is 10.6 Å². The van der Waals surface area contributed by atoms with Gasteiger partial charge in [-0.15, -0.1) is 0 Å². The molecular formula is C22H25FN4O2. The molecule has 2 aromatic carbocycles. The third-order valence-electron chi connectivity index (χ3n) is 4.66. The Kier molecular flexibility index (Phi) is 6.26. The van der Waals surface area contributed by atoms with Crippen LogP contribution in [0.2, 0.25) is 0 Å². The number of hydrogen-bond donors (Lipinski definition) is 2. The molecule has 7 heteroatoms. The number of para-hydroxylation sites is 1. The number of nitrogens with one attached hydrogen (secondary N) is 2. The molecule has 0 spiro atoms. The van der Waals surface area contributed by atoms with Gasteiger partial charge in [0.05, 0.1) is 5.52 Å². The topological polar surface area (TPSA) is 76.0 Å². The molecule has 29 heavy (non-hydrogen) atoms. The van der Waals surface area contributed by atoms with Crippen molar-refractivity contribution in [1.82, 2.24) is 9.55 Å². The number of nitrogens with zero attached hydrogens (tertiary/aromatic N) is 2. The molecule has 0 fully saturated rings. The molecule has 0 aliphatic rings. The summed E-state index contributed by atoms with van der Waals surface area (Å²) < 4.78 is 15.0. The molecule has 0 atom stereocenters. The molecule has 0 unspecified atom stereocenters. The summed E-state index contributed by atoms with van der Waals surface area (Å²) in [6.07, 6.45) is 0.953. The smallest absolute Gasteiger partial charge is 0.350 e. The van der Waals surface area contributed by atoms with E-state index >= 15 is 0 Å². The number of hydrogen-bond acceptors (Lipinski definition) is 4. The van der Waals surface area contributed by atoms with E-state index in [9.17, 15) is 14.0 Å². The van der Waals surface area contributed by atoms with Gasteiger partial charge in [0.2, 0.25) is 5.91 Å². The van der Waals surface area contributed by atoms with Gasteiger partial charge in [0.1, 0.15) is 18.2 Å². The zero-order valence-corrected chi connectivity index (χ0v) is 16.8. The first-order chi connectivity index (χ1) is 13.8. The number of rotatable bonds is 7. The van der Waals surface area contributed by atoms with Crippen molar-refractivity contribution in [3.63, 3.8) is 0 Å². The highest BCUT2D eigenvalue weighted by Gasteiger charge is 2.13. The van der Waals surface area contributed by atoms with E-state index in [0.717, 1.165) is 11.8 Å². The number of carbonyl (C=O) groups is 1. The van der Waals surface area contributed by atoms with Gasteiger partial charge in [-0.2, -0.15) is 4.98 Å². The first kappa shape index (κ1) is 20.5. The number of amides is 1. The summed E-state index contributed by atoms with van der Waals surface area (Å²) >= 11 is 0. The van der Waals surface area contributed by atoms with Gasteiger partial charge in [-0.05, 0) is 49.1 Å². The standard InChI is InChI=1S/C22H25FN4O2/c1-14(2)10-11-24-21-17-6-4-5-7-19(17)27(22(29)26-21)13-20(28)25-16-9-8-15(3)18(23)12-16/h4-9,12,14H,10-11,13H2,1-3H3,(H,25,28)(H,24,26,29). The second-order valence-electron chi connectivity index (χ2n) is 7.47. The number of aromatic nitrogens is 2. The predicted molar refractivity (Wildman–Crippen MR) is 114 cm³/mol. The lowest BCUT2D eigenvalue weighted by Gasteiger charge is -2.14. The van der Waals surface area contributed by atoms with Gasteiger partial charge in [0.15, 0.2) is 0 Å². The van der Waals surface area contributed by atoms with Crippen LogP contribution in [-0.2, 0) is 11.3 Å². The molecule has 152 valence electrons. The molecule has 0 radical (unpaired) electrons. The van der Waals surface area contributed by atoms with Crippen molar-refractivity contribution in [3.05, 3.63) is 64.3 Å². The molecule has 1 amide bonds. The van der Waals surface area contributed by atoms with Crippen LogP contribution in [0.15, 0.2) is 47.3 Å². The minimum Gasteiger partial charge on any atom is -0.369 e. The van der Waals surface area contributed by atoms with Crippen molar-refractivity contribution < 1.29 is 9.18 Å². The average Bonchev–Trinajstić information content (AvgIpc) is 2.67. The summed E-state index contributed by atoms with van der Waals surface area (Å²) in [4.78, 5) is 29.2. The van der Waals surface area contributed by atoms with Crippen molar-refractivity contribution in [3.8, 4) is 0 Å². The highest BCUT2D eigenvalue weighted by atomic mass is 19.1. The maximum atomic E-state index is 13.7. The zero-order valence-electron chi connectivity index (χ0n) is 16.8. The Balaban J connectivity index is 1.85. The molecule has 2 N–H and O–H groups in total. The number of benzene rings is 2. The molecule has 3 rings (SSSR count). The first-order valence-electron chi connectivity index (χ1n) is 9.64. The molecule has 1 heterocycles. The maximum absolute atomic E-state index is 13.7. The van der Waals surface area contributed by atoms with Crippen molar-refractivity contribution in [2.75, 3.05) is 17.2 Å². The maximum Gasteiger partial charge on any atom is 0.350 e. The highest BCUT2D eigenvalue weighted by molar-refractivity contribution is 5.93. The number of aryl methyl sites for hydroxylation is 1. The van der Waals surface area contributed by atoms with Crippen molar-refractivity contribution in [2.24, 2.45) is 5.92 Å². The van der Waals surface area contributed by atoms with Crippen LogP contribution in [0.3, 0.4) is 0 Å². The van der Waals surface area contributed by atoms with Gasteiger partial charge in [0.25, 0.3) is 0 Å². The number of anilines is 2. The molecular weight excluding hydrogens is 371 g/mol. The Bertz CT molecular complexity index is 1090. The zero-order chi connectivity index (χ0) is 21.0. The molecule has 6 nitrogen and oxygen atoms in total. The molecule has 1 aromatic heterocycles. The lowest BCUT2D eigenvalue weighted by Crippen LogP contribution is -2.30. The summed E-state index contributed by atoms with van der Waals surface area (Å²) in [7, 11) is 0. The number of fused-ring (bicyclic) bond motifs is 1. The van der Waals surface area contributed by atoms with Crippen LogP contribution >= 0.6 is 0 Å². The van der Waals surface area contributed by atoms with Crippen LogP contribution in [0.1, 0.15) is 25.8 Å². The fourth-order valence-electron chi connectivity index (χ4n) is 3.01. The van der Waals surface area contributed by atoms with Crippen LogP contribution in [0.5, 0.6) is 0 Å². The van der Waals surface area contributed by atoms with E-state index in [2.05, 4.69) is 29.5 Å². The van der Waals surface area contributed by atoms with Crippen LogP contribution in [0, 0.1) is 18.7 Å². The second kappa shape index (κ2) is 8.86. The van der Waals surface area contributed by atoms with Crippen LogP contribution in [-0.4, -0.2) is 22.0 Å². The Hall–Kier alpha value is -3.22. The molecule has 0 bridgehead atoms.